The second kappa shape index (κ2) is 5.68. The van der Waals surface area contributed by atoms with Crippen LogP contribution in [0.2, 0.25) is 0 Å². The molecule has 4 heteroatoms. The monoisotopic (exact) mass is 341 g/mol. The third-order valence-corrected chi connectivity index (χ3v) is 6.38. The van der Waals surface area contributed by atoms with Crippen molar-refractivity contribution in [2.24, 2.45) is 11.3 Å². The minimum Gasteiger partial charge on any atom is -0.423 e. The van der Waals surface area contributed by atoms with Crippen molar-refractivity contribution < 1.29 is 9.15 Å². The number of hydrogen-bond donors (Lipinski definition) is 0. The molecule has 0 unspecified atom stereocenters. The fourth-order valence-electron chi connectivity index (χ4n) is 5.17. The smallest absolute Gasteiger partial charge is 0.336 e. The molecule has 1 saturated heterocycles. The summed E-state index contributed by atoms with van der Waals surface area (Å²) < 4.78 is 11.4. The second-order valence-corrected chi connectivity index (χ2v) is 8.45. The Hall–Kier alpha value is -1.65. The summed E-state index contributed by atoms with van der Waals surface area (Å²) in [7, 11) is 2.17. The van der Waals surface area contributed by atoms with Crippen molar-refractivity contribution >= 4 is 11.0 Å². The van der Waals surface area contributed by atoms with Crippen molar-refractivity contribution in [3.8, 4) is 0 Å². The fourth-order valence-corrected chi connectivity index (χ4v) is 5.17. The number of rotatable bonds is 3. The Labute approximate surface area is 148 Å². The molecule has 2 heterocycles. The van der Waals surface area contributed by atoms with E-state index in [1.807, 2.05) is 13.0 Å². The average Bonchev–Trinajstić information content (AvgIpc) is 2.95. The number of hydrogen-bond acceptors (Lipinski definition) is 4. The highest BCUT2D eigenvalue weighted by Crippen LogP contribution is 2.54. The van der Waals surface area contributed by atoms with Gasteiger partial charge >= 0.3 is 5.63 Å². The van der Waals surface area contributed by atoms with E-state index in [-0.39, 0.29) is 11.0 Å². The normalized spacial score (nSPS) is 27.5. The molecule has 0 bridgehead atoms. The summed E-state index contributed by atoms with van der Waals surface area (Å²) in [5, 5.41) is 1.05. The topological polar surface area (TPSA) is 42.7 Å². The molecule has 4 rings (SSSR count). The number of aryl methyl sites for hydroxylation is 2. The molecule has 2 aliphatic rings. The molecule has 0 amide bonds. The molecule has 1 aliphatic heterocycles. The van der Waals surface area contributed by atoms with Gasteiger partial charge in [0.05, 0.1) is 6.10 Å². The third-order valence-electron chi connectivity index (χ3n) is 6.38. The van der Waals surface area contributed by atoms with Crippen LogP contribution in [0.15, 0.2) is 27.4 Å². The van der Waals surface area contributed by atoms with Gasteiger partial charge in [-0.25, -0.2) is 4.79 Å². The van der Waals surface area contributed by atoms with Gasteiger partial charge in [0.15, 0.2) is 0 Å². The van der Waals surface area contributed by atoms with Crippen LogP contribution in [0.3, 0.4) is 0 Å². The van der Waals surface area contributed by atoms with E-state index >= 15 is 0 Å². The average molecular weight is 341 g/mol. The van der Waals surface area contributed by atoms with Crippen molar-refractivity contribution in [3.63, 3.8) is 0 Å². The fraction of sp³-hybridized carbons (Fsp3) is 0.571. The SMILES string of the molecule is Cc1cc2oc(=O)cc(CN(C)[C@@H]3[C@H]4CCO[C@H]4C3(C)C)c2cc1C. The zero-order chi connectivity index (χ0) is 17.9. The van der Waals surface area contributed by atoms with Crippen molar-refractivity contribution in [2.45, 2.75) is 52.8 Å². The summed E-state index contributed by atoms with van der Waals surface area (Å²) in [4.78, 5) is 14.4. The van der Waals surface area contributed by atoms with E-state index in [4.69, 9.17) is 9.15 Å². The highest BCUT2D eigenvalue weighted by molar-refractivity contribution is 5.81. The van der Waals surface area contributed by atoms with Crippen LogP contribution < -0.4 is 5.63 Å². The predicted molar refractivity (Wildman–Crippen MR) is 98.8 cm³/mol. The predicted octanol–water partition coefficient (Wildman–Crippen LogP) is 3.66. The van der Waals surface area contributed by atoms with Gasteiger partial charge in [-0.1, -0.05) is 13.8 Å². The zero-order valence-corrected chi connectivity index (χ0v) is 15.8. The van der Waals surface area contributed by atoms with Crippen LogP contribution in [-0.4, -0.2) is 30.7 Å². The highest BCUT2D eigenvalue weighted by Gasteiger charge is 2.60. The Bertz CT molecular complexity index is 883. The first kappa shape index (κ1) is 16.8. The molecule has 1 aliphatic carbocycles. The quantitative estimate of drug-likeness (QED) is 0.799. The van der Waals surface area contributed by atoms with Gasteiger partial charge in [0.1, 0.15) is 5.58 Å². The van der Waals surface area contributed by atoms with Gasteiger partial charge in [0.2, 0.25) is 0 Å². The molecule has 4 nitrogen and oxygen atoms in total. The molecule has 1 aromatic heterocycles. The lowest BCUT2D eigenvalue weighted by Crippen LogP contribution is -2.65. The van der Waals surface area contributed by atoms with E-state index < -0.39 is 0 Å². The molecule has 25 heavy (non-hydrogen) atoms. The summed E-state index contributed by atoms with van der Waals surface area (Å²) in [5.74, 6) is 0.607. The first-order chi connectivity index (χ1) is 11.8. The standard InChI is InChI=1S/C21H27NO3/c1-12-8-16-14(10-18(23)25-17(16)9-13(12)2)11-22(5)19-15-6-7-24-20(15)21(19,3)4/h8-10,15,19-20H,6-7,11H2,1-5H3/t15-,19-,20-/m1/s1. The van der Waals surface area contributed by atoms with Crippen molar-refractivity contribution in [3.05, 3.63) is 45.3 Å². The molecule has 0 N–H and O–H groups in total. The highest BCUT2D eigenvalue weighted by atomic mass is 16.5. The summed E-state index contributed by atoms with van der Waals surface area (Å²) >= 11 is 0. The summed E-state index contributed by atoms with van der Waals surface area (Å²) in [6, 6.07) is 6.25. The molecule has 1 aromatic carbocycles. The maximum Gasteiger partial charge on any atom is 0.336 e. The second-order valence-electron chi connectivity index (χ2n) is 8.45. The Morgan fingerprint density at radius 2 is 1.92 bits per heavy atom. The largest absolute Gasteiger partial charge is 0.423 e. The van der Waals surface area contributed by atoms with E-state index in [1.165, 1.54) is 5.56 Å². The van der Waals surface area contributed by atoms with E-state index in [0.717, 1.165) is 36.1 Å². The van der Waals surface area contributed by atoms with Crippen LogP contribution in [0.4, 0.5) is 0 Å². The van der Waals surface area contributed by atoms with Crippen molar-refractivity contribution in [2.75, 3.05) is 13.7 Å². The van der Waals surface area contributed by atoms with Crippen LogP contribution in [0.5, 0.6) is 0 Å². The lowest BCUT2D eigenvalue weighted by Gasteiger charge is -2.58. The molecular formula is C21H27NO3. The van der Waals surface area contributed by atoms with Gasteiger partial charge in [-0.2, -0.15) is 0 Å². The first-order valence-electron chi connectivity index (χ1n) is 9.15. The van der Waals surface area contributed by atoms with Crippen molar-refractivity contribution in [1.29, 1.82) is 0 Å². The Morgan fingerprint density at radius 3 is 2.68 bits per heavy atom. The van der Waals surface area contributed by atoms with Crippen LogP contribution in [0, 0.1) is 25.2 Å². The number of ether oxygens (including phenoxy) is 1. The molecule has 3 atom stereocenters. The number of fused-ring (bicyclic) bond motifs is 2. The third kappa shape index (κ3) is 2.54. The lowest BCUT2D eigenvalue weighted by molar-refractivity contribution is -0.151. The summed E-state index contributed by atoms with van der Waals surface area (Å²) in [6.07, 6.45) is 1.52. The Morgan fingerprint density at radius 1 is 1.20 bits per heavy atom. The van der Waals surface area contributed by atoms with Gasteiger partial charge in [-0.3, -0.25) is 4.90 Å². The zero-order valence-electron chi connectivity index (χ0n) is 15.8. The van der Waals surface area contributed by atoms with E-state index in [9.17, 15) is 4.79 Å². The molecular weight excluding hydrogens is 314 g/mol. The lowest BCUT2D eigenvalue weighted by atomic mass is 9.57. The van der Waals surface area contributed by atoms with Crippen LogP contribution >= 0.6 is 0 Å². The molecule has 2 fully saturated rings. The van der Waals surface area contributed by atoms with Gasteiger partial charge < -0.3 is 9.15 Å². The molecule has 0 radical (unpaired) electrons. The van der Waals surface area contributed by atoms with E-state index in [2.05, 4.69) is 38.8 Å². The van der Waals surface area contributed by atoms with Gasteiger partial charge in [0, 0.05) is 42.0 Å². The van der Waals surface area contributed by atoms with Gasteiger partial charge in [-0.15, -0.1) is 0 Å². The molecule has 2 aromatic rings. The molecule has 1 saturated carbocycles. The van der Waals surface area contributed by atoms with E-state index in [1.54, 1.807) is 6.07 Å². The van der Waals surface area contributed by atoms with Gasteiger partial charge in [0.25, 0.3) is 0 Å². The molecule has 0 spiro atoms. The summed E-state index contributed by atoms with van der Waals surface area (Å²) in [5.41, 5.74) is 3.99. The first-order valence-corrected chi connectivity index (χ1v) is 9.15. The van der Waals surface area contributed by atoms with Crippen LogP contribution in [0.1, 0.15) is 37.0 Å². The Kier molecular flexibility index (Phi) is 3.82. The van der Waals surface area contributed by atoms with E-state index in [0.29, 0.717) is 23.6 Å². The van der Waals surface area contributed by atoms with Crippen LogP contribution in [-0.2, 0) is 11.3 Å². The number of nitrogens with zero attached hydrogens (tertiary/aromatic N) is 1. The maximum atomic E-state index is 12.0. The maximum absolute atomic E-state index is 12.0. The summed E-state index contributed by atoms with van der Waals surface area (Å²) in [6.45, 7) is 10.4. The minimum atomic E-state index is -0.269. The van der Waals surface area contributed by atoms with Crippen molar-refractivity contribution in [1.82, 2.24) is 4.90 Å². The Balaban J connectivity index is 1.69. The number of benzene rings is 1. The van der Waals surface area contributed by atoms with Crippen LogP contribution in [0.25, 0.3) is 11.0 Å². The minimum absolute atomic E-state index is 0.150. The van der Waals surface area contributed by atoms with Gasteiger partial charge in [-0.05, 0) is 56.1 Å². The molecule has 134 valence electrons.